The Morgan fingerprint density at radius 3 is 2.95 bits per heavy atom. The van der Waals surface area contributed by atoms with E-state index in [4.69, 9.17) is 11.6 Å². The number of alkyl halides is 1. The highest BCUT2D eigenvalue weighted by atomic mass is 35.5. The highest BCUT2D eigenvalue weighted by molar-refractivity contribution is 8.00. The molecule has 1 saturated heterocycles. The summed E-state index contributed by atoms with van der Waals surface area (Å²) >= 11 is 8.11. The number of thioether (sulfide) groups is 1. The van der Waals surface area contributed by atoms with E-state index in [2.05, 4.69) is 33.2 Å². The fourth-order valence-electron chi connectivity index (χ4n) is 2.71. The molecular formula is C14H18ClN3S. The van der Waals surface area contributed by atoms with Crippen LogP contribution in [0.5, 0.6) is 0 Å². The van der Waals surface area contributed by atoms with Crippen LogP contribution in [0.2, 0.25) is 0 Å². The van der Waals surface area contributed by atoms with Gasteiger partial charge in [0, 0.05) is 17.0 Å². The molecule has 5 heteroatoms. The molecule has 1 aliphatic rings. The van der Waals surface area contributed by atoms with Gasteiger partial charge in [0.15, 0.2) is 5.65 Å². The maximum Gasteiger partial charge on any atom is 0.160 e. The lowest BCUT2D eigenvalue weighted by molar-refractivity contribution is 0.508. The van der Waals surface area contributed by atoms with Crippen LogP contribution in [-0.2, 0) is 12.4 Å². The smallest absolute Gasteiger partial charge is 0.160 e. The van der Waals surface area contributed by atoms with Gasteiger partial charge in [-0.1, -0.05) is 0 Å². The van der Waals surface area contributed by atoms with Crippen LogP contribution in [0.25, 0.3) is 11.2 Å². The highest BCUT2D eigenvalue weighted by Gasteiger charge is 2.31. The molecule has 19 heavy (non-hydrogen) atoms. The highest BCUT2D eigenvalue weighted by Crippen LogP contribution is 2.39. The second-order valence-electron chi connectivity index (χ2n) is 5.45. The fraction of sp³-hybridized carbons (Fsp3) is 0.571. The van der Waals surface area contributed by atoms with Crippen molar-refractivity contribution in [3.05, 3.63) is 23.7 Å². The number of pyridine rings is 1. The van der Waals surface area contributed by atoms with Crippen molar-refractivity contribution in [3.8, 4) is 0 Å². The number of fused-ring (bicyclic) bond motifs is 1. The molecule has 1 unspecified atom stereocenters. The zero-order chi connectivity index (χ0) is 13.5. The molecule has 1 aliphatic heterocycles. The summed E-state index contributed by atoms with van der Waals surface area (Å²) in [6, 6.07) is 4.04. The standard InChI is InChI=1S/C14H18ClN3S/c1-10-4-5-11-13(16-10)18(12(8-15)17-11)9-14(2)6-3-7-19-14/h4-5H,3,6-9H2,1-2H3. The Bertz CT molecular complexity index is 602. The zero-order valence-electron chi connectivity index (χ0n) is 11.3. The van der Waals surface area contributed by atoms with Gasteiger partial charge in [0.05, 0.1) is 5.88 Å². The van der Waals surface area contributed by atoms with Gasteiger partial charge in [0.25, 0.3) is 0 Å². The maximum absolute atomic E-state index is 6.06. The van der Waals surface area contributed by atoms with Crippen LogP contribution in [0.1, 0.15) is 31.3 Å². The third kappa shape index (κ3) is 2.48. The summed E-state index contributed by atoms with van der Waals surface area (Å²) < 4.78 is 2.51. The molecule has 1 fully saturated rings. The Morgan fingerprint density at radius 1 is 1.42 bits per heavy atom. The van der Waals surface area contributed by atoms with Gasteiger partial charge in [-0.25, -0.2) is 9.97 Å². The Labute approximate surface area is 122 Å². The molecule has 2 aromatic heterocycles. The summed E-state index contributed by atoms with van der Waals surface area (Å²) in [5, 5.41) is 0. The predicted octanol–water partition coefficient (Wildman–Crippen LogP) is 3.76. The average Bonchev–Trinajstić information content (AvgIpc) is 2.95. The van der Waals surface area contributed by atoms with Gasteiger partial charge in [-0.2, -0.15) is 11.8 Å². The van der Waals surface area contributed by atoms with Crippen molar-refractivity contribution >= 4 is 34.5 Å². The molecule has 0 amide bonds. The first kappa shape index (κ1) is 13.3. The van der Waals surface area contributed by atoms with E-state index in [0.29, 0.717) is 10.6 Å². The van der Waals surface area contributed by atoms with Crippen LogP contribution in [0.15, 0.2) is 12.1 Å². The first-order chi connectivity index (χ1) is 9.11. The zero-order valence-corrected chi connectivity index (χ0v) is 12.9. The Hall–Kier alpha value is -0.740. The van der Waals surface area contributed by atoms with E-state index >= 15 is 0 Å². The van der Waals surface area contributed by atoms with E-state index in [1.165, 1.54) is 18.6 Å². The molecule has 0 bridgehead atoms. The van der Waals surface area contributed by atoms with Crippen molar-refractivity contribution < 1.29 is 0 Å². The number of hydrogen-bond acceptors (Lipinski definition) is 3. The van der Waals surface area contributed by atoms with Crippen molar-refractivity contribution in [2.45, 2.75) is 43.9 Å². The van der Waals surface area contributed by atoms with Crippen LogP contribution >= 0.6 is 23.4 Å². The third-order valence-corrected chi connectivity index (χ3v) is 5.49. The van der Waals surface area contributed by atoms with E-state index in [1.807, 2.05) is 19.1 Å². The van der Waals surface area contributed by atoms with Gasteiger partial charge in [-0.3, -0.25) is 0 Å². The maximum atomic E-state index is 6.06. The van der Waals surface area contributed by atoms with E-state index in [1.54, 1.807) is 0 Å². The number of halogens is 1. The van der Waals surface area contributed by atoms with Crippen molar-refractivity contribution in [1.29, 1.82) is 0 Å². The number of aryl methyl sites for hydroxylation is 1. The van der Waals surface area contributed by atoms with Crippen LogP contribution in [0.3, 0.4) is 0 Å². The molecule has 3 nitrogen and oxygen atoms in total. The SMILES string of the molecule is Cc1ccc2nc(CCl)n(CC3(C)CCCS3)c2n1. The van der Waals surface area contributed by atoms with E-state index in [0.717, 1.165) is 29.2 Å². The monoisotopic (exact) mass is 295 g/mol. The van der Waals surface area contributed by atoms with Gasteiger partial charge in [-0.15, -0.1) is 11.6 Å². The van der Waals surface area contributed by atoms with Crippen LogP contribution < -0.4 is 0 Å². The van der Waals surface area contributed by atoms with Crippen molar-refractivity contribution in [2.24, 2.45) is 0 Å². The number of hydrogen-bond donors (Lipinski definition) is 0. The molecule has 3 heterocycles. The van der Waals surface area contributed by atoms with Crippen molar-refractivity contribution in [3.63, 3.8) is 0 Å². The molecule has 0 aromatic carbocycles. The van der Waals surface area contributed by atoms with Crippen molar-refractivity contribution in [2.75, 3.05) is 5.75 Å². The summed E-state index contributed by atoms with van der Waals surface area (Å²) in [4.78, 5) is 9.25. The molecule has 3 rings (SSSR count). The largest absolute Gasteiger partial charge is 0.310 e. The number of imidazole rings is 1. The van der Waals surface area contributed by atoms with Gasteiger partial charge >= 0.3 is 0 Å². The fourth-order valence-corrected chi connectivity index (χ4v) is 4.20. The molecule has 0 radical (unpaired) electrons. The summed E-state index contributed by atoms with van der Waals surface area (Å²) in [5.41, 5.74) is 2.95. The molecular weight excluding hydrogens is 278 g/mol. The van der Waals surface area contributed by atoms with Crippen molar-refractivity contribution in [1.82, 2.24) is 14.5 Å². The lowest BCUT2D eigenvalue weighted by Gasteiger charge is -2.24. The Morgan fingerprint density at radius 2 is 2.26 bits per heavy atom. The van der Waals surface area contributed by atoms with E-state index < -0.39 is 0 Å². The average molecular weight is 296 g/mol. The molecule has 0 saturated carbocycles. The van der Waals surface area contributed by atoms with E-state index in [9.17, 15) is 0 Å². The van der Waals surface area contributed by atoms with Gasteiger partial charge < -0.3 is 4.57 Å². The lowest BCUT2D eigenvalue weighted by atomic mass is 10.1. The van der Waals surface area contributed by atoms with Gasteiger partial charge in [0.2, 0.25) is 0 Å². The topological polar surface area (TPSA) is 30.7 Å². The van der Waals surface area contributed by atoms with Crippen LogP contribution in [0.4, 0.5) is 0 Å². The van der Waals surface area contributed by atoms with E-state index in [-0.39, 0.29) is 0 Å². The van der Waals surface area contributed by atoms with Crippen LogP contribution in [-0.4, -0.2) is 25.0 Å². The molecule has 2 aromatic rings. The number of nitrogens with zero attached hydrogens (tertiary/aromatic N) is 3. The minimum absolute atomic E-state index is 0.292. The second-order valence-corrected chi connectivity index (χ2v) is 7.39. The summed E-state index contributed by atoms with van der Waals surface area (Å²) in [6.07, 6.45) is 2.56. The summed E-state index contributed by atoms with van der Waals surface area (Å²) in [5.74, 6) is 2.63. The van der Waals surface area contributed by atoms with Crippen LogP contribution in [0, 0.1) is 6.92 Å². The molecule has 102 valence electrons. The van der Waals surface area contributed by atoms with Gasteiger partial charge in [-0.05, 0) is 44.6 Å². The first-order valence-electron chi connectivity index (χ1n) is 6.64. The molecule has 0 aliphatic carbocycles. The first-order valence-corrected chi connectivity index (χ1v) is 8.16. The molecule has 0 N–H and O–H groups in total. The normalized spacial score (nSPS) is 23.3. The molecule has 1 atom stereocenters. The van der Waals surface area contributed by atoms with Gasteiger partial charge in [0.1, 0.15) is 11.3 Å². The molecule has 0 spiro atoms. The number of rotatable bonds is 3. The Balaban J connectivity index is 2.07. The quantitative estimate of drug-likeness (QED) is 0.808. The Kier molecular flexibility index (Phi) is 3.48. The third-order valence-electron chi connectivity index (χ3n) is 3.72. The summed E-state index contributed by atoms with van der Waals surface area (Å²) in [7, 11) is 0. The second kappa shape index (κ2) is 4.98. The summed E-state index contributed by atoms with van der Waals surface area (Å²) in [6.45, 7) is 5.31. The lowest BCUT2D eigenvalue weighted by Crippen LogP contribution is -2.25. The predicted molar refractivity (Wildman–Crippen MR) is 81.9 cm³/mol. The minimum atomic E-state index is 0.292. The number of aromatic nitrogens is 3. The minimum Gasteiger partial charge on any atom is -0.310 e.